The number of hydrogen-bond acceptors (Lipinski definition) is 6. The minimum Gasteiger partial charge on any atom is -0.496 e. The van der Waals surface area contributed by atoms with Gasteiger partial charge in [-0.1, -0.05) is 48.5 Å². The summed E-state index contributed by atoms with van der Waals surface area (Å²) >= 11 is 0. The Morgan fingerprint density at radius 2 is 1.49 bits per heavy atom. The van der Waals surface area contributed by atoms with Crippen LogP contribution in [0.4, 0.5) is 5.69 Å². The van der Waals surface area contributed by atoms with Crippen molar-refractivity contribution < 1.29 is 23.9 Å². The van der Waals surface area contributed by atoms with Gasteiger partial charge < -0.3 is 29.5 Å². The van der Waals surface area contributed by atoms with Crippen LogP contribution in [0.5, 0.6) is 11.5 Å². The van der Waals surface area contributed by atoms with Crippen molar-refractivity contribution in [3.63, 3.8) is 0 Å². The van der Waals surface area contributed by atoms with Crippen molar-refractivity contribution in [1.82, 2.24) is 15.1 Å². The van der Waals surface area contributed by atoms with Crippen LogP contribution in [0.2, 0.25) is 0 Å². The Hall–Kier alpha value is -4.53. The predicted molar refractivity (Wildman–Crippen MR) is 156 cm³/mol. The molecule has 0 aromatic heterocycles. The van der Waals surface area contributed by atoms with Gasteiger partial charge in [-0.3, -0.25) is 14.4 Å². The van der Waals surface area contributed by atoms with Gasteiger partial charge in [-0.25, -0.2) is 0 Å². The minimum atomic E-state index is -0.823. The van der Waals surface area contributed by atoms with Gasteiger partial charge in [-0.05, 0) is 55.2 Å². The lowest BCUT2D eigenvalue weighted by atomic mass is 9.85. The maximum absolute atomic E-state index is 14.0. The fourth-order valence-electron chi connectivity index (χ4n) is 5.87. The molecule has 0 radical (unpaired) electrons. The molecule has 0 aliphatic carbocycles. The third kappa shape index (κ3) is 5.70. The van der Waals surface area contributed by atoms with Crippen LogP contribution in [0.15, 0.2) is 78.9 Å². The van der Waals surface area contributed by atoms with E-state index < -0.39 is 5.54 Å². The molecular weight excluding hydrogens is 520 g/mol. The third-order valence-corrected chi connectivity index (χ3v) is 8.04. The molecule has 0 atom stereocenters. The third-order valence-electron chi connectivity index (χ3n) is 8.04. The molecule has 2 saturated heterocycles. The highest BCUT2D eigenvalue weighted by Gasteiger charge is 2.54. The van der Waals surface area contributed by atoms with Crippen molar-refractivity contribution in [2.45, 2.75) is 24.8 Å². The quantitative estimate of drug-likeness (QED) is 0.435. The van der Waals surface area contributed by atoms with E-state index in [1.54, 1.807) is 36.2 Å². The van der Waals surface area contributed by atoms with E-state index in [9.17, 15) is 14.4 Å². The van der Waals surface area contributed by atoms with Crippen LogP contribution in [-0.2, 0) is 16.0 Å². The van der Waals surface area contributed by atoms with Crippen molar-refractivity contribution >= 4 is 23.4 Å². The van der Waals surface area contributed by atoms with Crippen molar-refractivity contribution in [3.8, 4) is 11.5 Å². The number of hydrogen-bond donors (Lipinski definition) is 1. The number of carbonyl (C=O) groups is 3. The van der Waals surface area contributed by atoms with Crippen molar-refractivity contribution in [2.24, 2.45) is 0 Å². The number of benzene rings is 3. The Morgan fingerprint density at radius 1 is 0.854 bits per heavy atom. The van der Waals surface area contributed by atoms with Crippen LogP contribution in [0.25, 0.3) is 0 Å². The van der Waals surface area contributed by atoms with E-state index >= 15 is 0 Å². The van der Waals surface area contributed by atoms with Crippen LogP contribution in [0, 0.1) is 0 Å². The molecule has 1 spiro atoms. The van der Waals surface area contributed by atoms with Crippen LogP contribution in [0.3, 0.4) is 0 Å². The van der Waals surface area contributed by atoms with Gasteiger partial charge in [0.2, 0.25) is 5.91 Å². The maximum Gasteiger partial charge on any atom is 0.257 e. The molecule has 3 amide bonds. The number of nitrogens with one attached hydrogen (secondary N) is 1. The van der Waals surface area contributed by atoms with Gasteiger partial charge in [0.25, 0.3) is 11.8 Å². The summed E-state index contributed by atoms with van der Waals surface area (Å²) in [5, 5.41) is 2.96. The van der Waals surface area contributed by atoms with Gasteiger partial charge in [-0.15, -0.1) is 0 Å². The first kappa shape index (κ1) is 28.0. The van der Waals surface area contributed by atoms with E-state index in [0.29, 0.717) is 56.9 Å². The van der Waals surface area contributed by atoms with E-state index in [1.165, 1.54) is 0 Å². The number of nitrogens with zero attached hydrogens (tertiary/aromatic N) is 3. The smallest absolute Gasteiger partial charge is 0.257 e. The first-order valence-electron chi connectivity index (χ1n) is 13.9. The van der Waals surface area contributed by atoms with Crippen LogP contribution in [-0.4, -0.2) is 80.1 Å². The zero-order valence-electron chi connectivity index (χ0n) is 23.5. The Kier molecular flexibility index (Phi) is 8.42. The SMILES string of the molecule is COc1ccccc1CCNC(=O)CN1CN(c2ccccc2)C2(CCN(C(=O)c3ccccc3OC)CC2)C1=O. The fourth-order valence-corrected chi connectivity index (χ4v) is 5.87. The van der Waals surface area contributed by atoms with Crippen molar-refractivity contribution in [1.29, 1.82) is 0 Å². The van der Waals surface area contributed by atoms with Gasteiger partial charge >= 0.3 is 0 Å². The molecule has 3 aromatic rings. The number of methoxy groups -OCH3 is 2. The van der Waals surface area contributed by atoms with E-state index in [2.05, 4.69) is 10.2 Å². The minimum absolute atomic E-state index is 0.0281. The average molecular weight is 557 g/mol. The summed E-state index contributed by atoms with van der Waals surface area (Å²) in [6.45, 7) is 1.56. The molecule has 9 heteroatoms. The summed E-state index contributed by atoms with van der Waals surface area (Å²) in [5.41, 5.74) is 1.62. The number of rotatable bonds is 9. The fraction of sp³-hybridized carbons (Fsp3) is 0.344. The molecule has 0 saturated carbocycles. The van der Waals surface area contributed by atoms with Gasteiger partial charge in [0.15, 0.2) is 0 Å². The van der Waals surface area contributed by atoms with Gasteiger partial charge in [-0.2, -0.15) is 0 Å². The average Bonchev–Trinajstić information content (AvgIpc) is 3.27. The largest absolute Gasteiger partial charge is 0.496 e. The molecule has 1 N–H and O–H groups in total. The lowest BCUT2D eigenvalue weighted by Gasteiger charge is -2.43. The van der Waals surface area contributed by atoms with Crippen LogP contribution < -0.4 is 19.7 Å². The summed E-state index contributed by atoms with van der Waals surface area (Å²) in [6.07, 6.45) is 1.56. The molecular formula is C32H36N4O5. The summed E-state index contributed by atoms with van der Waals surface area (Å²) in [7, 11) is 3.18. The van der Waals surface area contributed by atoms with E-state index in [4.69, 9.17) is 9.47 Å². The first-order valence-corrected chi connectivity index (χ1v) is 13.9. The van der Waals surface area contributed by atoms with Gasteiger partial charge in [0.1, 0.15) is 23.6 Å². The molecule has 0 bridgehead atoms. The monoisotopic (exact) mass is 556 g/mol. The normalized spacial score (nSPS) is 16.1. The van der Waals surface area contributed by atoms with Crippen molar-refractivity contribution in [3.05, 3.63) is 90.0 Å². The second-order valence-electron chi connectivity index (χ2n) is 10.3. The second-order valence-corrected chi connectivity index (χ2v) is 10.3. The topological polar surface area (TPSA) is 91.4 Å². The second kappa shape index (κ2) is 12.3. The number of piperidine rings is 1. The number of anilines is 1. The first-order chi connectivity index (χ1) is 20.0. The number of carbonyl (C=O) groups excluding carboxylic acids is 3. The zero-order chi connectivity index (χ0) is 28.8. The summed E-state index contributed by atoms with van der Waals surface area (Å²) in [6, 6.07) is 24.7. The molecule has 0 unspecified atom stereocenters. The molecule has 2 aliphatic rings. The van der Waals surface area contributed by atoms with E-state index in [-0.39, 0.29) is 24.3 Å². The lowest BCUT2D eigenvalue weighted by Crippen LogP contribution is -2.57. The highest BCUT2D eigenvalue weighted by Crippen LogP contribution is 2.40. The molecule has 9 nitrogen and oxygen atoms in total. The predicted octanol–water partition coefficient (Wildman–Crippen LogP) is 3.34. The molecule has 2 fully saturated rings. The molecule has 5 rings (SSSR count). The number of ether oxygens (including phenoxy) is 2. The number of likely N-dealkylation sites (tertiary alicyclic amines) is 1. The molecule has 3 aromatic carbocycles. The van der Waals surface area contributed by atoms with Crippen molar-refractivity contribution in [2.75, 3.05) is 52.0 Å². The molecule has 214 valence electrons. The van der Waals surface area contributed by atoms with Crippen LogP contribution >= 0.6 is 0 Å². The number of amides is 3. The summed E-state index contributed by atoms with van der Waals surface area (Å²) in [4.78, 5) is 45.8. The molecule has 41 heavy (non-hydrogen) atoms. The summed E-state index contributed by atoms with van der Waals surface area (Å²) in [5.74, 6) is 0.920. The van der Waals surface area contributed by atoms with E-state index in [0.717, 1.165) is 17.0 Å². The standard InChI is InChI=1S/C32H36N4O5/c1-40-27-14-8-6-10-24(27)16-19-33-29(37)22-35-23-36(25-11-4-3-5-12-25)32(31(35)39)17-20-34(21-18-32)30(38)26-13-7-9-15-28(26)41-2/h3-15H,16-23H2,1-2H3,(H,33,37). The number of para-hydroxylation sites is 3. The Morgan fingerprint density at radius 3 is 2.20 bits per heavy atom. The van der Waals surface area contributed by atoms with E-state index in [1.807, 2.05) is 66.7 Å². The highest BCUT2D eigenvalue weighted by molar-refractivity contribution is 5.99. The lowest BCUT2D eigenvalue weighted by molar-refractivity contribution is -0.137. The zero-order valence-corrected chi connectivity index (χ0v) is 23.5. The summed E-state index contributed by atoms with van der Waals surface area (Å²) < 4.78 is 10.8. The molecule has 2 aliphatic heterocycles. The highest BCUT2D eigenvalue weighted by atomic mass is 16.5. The Balaban J connectivity index is 1.27. The molecule has 2 heterocycles. The Labute approximate surface area is 240 Å². The maximum atomic E-state index is 14.0. The Bertz CT molecular complexity index is 1390. The van der Waals surface area contributed by atoms with Crippen LogP contribution in [0.1, 0.15) is 28.8 Å². The van der Waals surface area contributed by atoms with Gasteiger partial charge in [0.05, 0.1) is 26.5 Å². The van der Waals surface area contributed by atoms with Gasteiger partial charge in [0, 0.05) is 25.3 Å².